The van der Waals surface area contributed by atoms with Gasteiger partial charge >= 0.3 is 6.18 Å². The first-order chi connectivity index (χ1) is 21.2. The van der Waals surface area contributed by atoms with Crippen LogP contribution in [0.1, 0.15) is 43.6 Å². The van der Waals surface area contributed by atoms with Crippen molar-refractivity contribution in [2.24, 2.45) is 0 Å². The van der Waals surface area contributed by atoms with Crippen LogP contribution in [0.15, 0.2) is 37.1 Å². The molecule has 0 aromatic carbocycles. The van der Waals surface area contributed by atoms with Gasteiger partial charge in [0.1, 0.15) is 23.6 Å². The van der Waals surface area contributed by atoms with Crippen LogP contribution >= 0.6 is 0 Å². The summed E-state index contributed by atoms with van der Waals surface area (Å²) in [4.78, 5) is 23.3. The quantitative estimate of drug-likeness (QED) is 0.306. The Hall–Kier alpha value is -4.13. The number of β-amino-alcohol motifs (C(OH)–C–C–N with tert-alkyl or cyclic N) is 1. The van der Waals surface area contributed by atoms with E-state index < -0.39 is 23.6 Å². The monoisotopic (exact) mass is 608 g/mol. The van der Waals surface area contributed by atoms with E-state index in [1.807, 2.05) is 28.0 Å². The molecule has 1 aliphatic carbocycles. The maximum absolute atomic E-state index is 13.5. The number of nitriles is 1. The molecule has 2 aliphatic heterocycles. The minimum absolute atomic E-state index is 0.0704. The standard InChI is InChI=1S/C29H31F3N10O2/c30-29(31,32)27-38-19(12-40-13-21(43)14-40)9-24(39-27)44-22-3-1-20(2-4-22)41-15-28(16-41,6-7-33)42-11-18(10-37-42)25-23-5-8-34-26(23)36-17-35-25/h5,8-11,17,20-22,43H,1-4,6,12-16H2,(H,34,35,36)/t20-,22+. The average molecular weight is 609 g/mol. The number of rotatable bonds is 8. The topological polar surface area (TPSA) is 145 Å². The van der Waals surface area contributed by atoms with Gasteiger partial charge in [-0.1, -0.05) is 0 Å². The van der Waals surface area contributed by atoms with Crippen molar-refractivity contribution in [3.63, 3.8) is 0 Å². The molecule has 6 heterocycles. The van der Waals surface area contributed by atoms with Crippen molar-refractivity contribution in [2.45, 2.75) is 68.6 Å². The number of aromatic nitrogens is 7. The van der Waals surface area contributed by atoms with Gasteiger partial charge in [0.25, 0.3) is 0 Å². The number of hydrogen-bond acceptors (Lipinski definition) is 10. The number of hydrogen-bond donors (Lipinski definition) is 2. The molecule has 12 nitrogen and oxygen atoms in total. The van der Waals surface area contributed by atoms with Crippen LogP contribution in [-0.2, 0) is 18.3 Å². The Morgan fingerprint density at radius 2 is 1.93 bits per heavy atom. The number of aromatic amines is 1. The number of ether oxygens (including phenoxy) is 1. The van der Waals surface area contributed by atoms with Gasteiger partial charge in [-0.25, -0.2) is 15.0 Å². The van der Waals surface area contributed by atoms with Crippen LogP contribution in [0.4, 0.5) is 13.2 Å². The number of aliphatic hydroxyl groups excluding tert-OH is 1. The number of H-pyrrole nitrogens is 1. The van der Waals surface area contributed by atoms with Gasteiger partial charge in [-0.05, 0) is 31.7 Å². The van der Waals surface area contributed by atoms with E-state index in [0.717, 1.165) is 35.1 Å². The molecule has 15 heteroatoms. The first-order valence-electron chi connectivity index (χ1n) is 14.7. The smallest absolute Gasteiger partial charge is 0.451 e. The number of likely N-dealkylation sites (tertiary alicyclic amines) is 2. The van der Waals surface area contributed by atoms with E-state index in [1.165, 1.54) is 12.4 Å². The summed E-state index contributed by atoms with van der Waals surface area (Å²) < 4.78 is 48.4. The molecule has 1 saturated carbocycles. The van der Waals surface area contributed by atoms with Gasteiger partial charge in [-0.3, -0.25) is 14.5 Å². The lowest BCUT2D eigenvalue weighted by Gasteiger charge is -2.53. The number of alkyl halides is 3. The Morgan fingerprint density at radius 1 is 1.14 bits per heavy atom. The van der Waals surface area contributed by atoms with Crippen molar-refractivity contribution in [2.75, 3.05) is 26.2 Å². The second-order valence-electron chi connectivity index (χ2n) is 12.0. The number of aliphatic hydroxyl groups is 1. The predicted octanol–water partition coefficient (Wildman–Crippen LogP) is 3.12. The van der Waals surface area contributed by atoms with Crippen LogP contribution in [-0.4, -0.2) is 94.0 Å². The Kier molecular flexibility index (Phi) is 7.22. The molecule has 0 spiro atoms. The SMILES string of the molecule is N#CCC1(n2cc(-c3ncnc4[nH]ccc34)cn2)CN([C@H]2CC[C@@H](Oc3cc(CN4CC(O)C4)nc(C(F)(F)F)n3)CC2)C1. The van der Waals surface area contributed by atoms with Gasteiger partial charge in [0.15, 0.2) is 0 Å². The van der Waals surface area contributed by atoms with Crippen LogP contribution < -0.4 is 4.74 Å². The van der Waals surface area contributed by atoms with E-state index in [0.29, 0.717) is 45.4 Å². The second-order valence-corrected chi connectivity index (χ2v) is 12.0. The zero-order valence-electron chi connectivity index (χ0n) is 23.8. The molecule has 4 aromatic rings. The molecule has 2 saturated heterocycles. The third-order valence-electron chi connectivity index (χ3n) is 8.88. The van der Waals surface area contributed by atoms with Gasteiger partial charge in [-0.2, -0.15) is 28.5 Å². The first-order valence-corrected chi connectivity index (χ1v) is 14.7. The van der Waals surface area contributed by atoms with E-state index >= 15 is 0 Å². The highest BCUT2D eigenvalue weighted by molar-refractivity contribution is 5.90. The van der Waals surface area contributed by atoms with Gasteiger partial charge in [0.05, 0.1) is 36.2 Å². The molecule has 44 heavy (non-hydrogen) atoms. The van der Waals surface area contributed by atoms with Crippen molar-refractivity contribution >= 4 is 11.0 Å². The summed E-state index contributed by atoms with van der Waals surface area (Å²) in [6.07, 6.45) is 4.97. The summed E-state index contributed by atoms with van der Waals surface area (Å²) >= 11 is 0. The molecular formula is C29H31F3N10O2. The van der Waals surface area contributed by atoms with Gasteiger partial charge in [0.2, 0.25) is 11.7 Å². The van der Waals surface area contributed by atoms with Crippen LogP contribution in [0, 0.1) is 11.3 Å². The molecule has 3 aliphatic rings. The minimum atomic E-state index is -4.69. The van der Waals surface area contributed by atoms with Gasteiger partial charge in [-0.15, -0.1) is 0 Å². The Labute approximate surface area is 250 Å². The Morgan fingerprint density at radius 3 is 2.66 bits per heavy atom. The third kappa shape index (κ3) is 5.49. The second kappa shape index (κ2) is 11.1. The van der Waals surface area contributed by atoms with E-state index in [1.54, 1.807) is 6.20 Å². The molecule has 3 fully saturated rings. The number of fused-ring (bicyclic) bond motifs is 1. The normalized spacial score (nSPS) is 22.8. The Bertz CT molecular complexity index is 1680. The molecule has 230 valence electrons. The molecule has 0 amide bonds. The van der Waals surface area contributed by atoms with Crippen LogP contribution in [0.2, 0.25) is 0 Å². The summed E-state index contributed by atoms with van der Waals surface area (Å²) in [5.41, 5.74) is 2.16. The lowest BCUT2D eigenvalue weighted by atomic mass is 9.82. The molecule has 0 unspecified atom stereocenters. The fraction of sp³-hybridized carbons (Fsp3) is 0.517. The zero-order valence-corrected chi connectivity index (χ0v) is 23.8. The fourth-order valence-electron chi connectivity index (χ4n) is 6.60. The maximum atomic E-state index is 13.5. The van der Waals surface area contributed by atoms with E-state index in [-0.39, 0.29) is 30.3 Å². The fourth-order valence-corrected chi connectivity index (χ4v) is 6.60. The number of nitrogens with zero attached hydrogens (tertiary/aromatic N) is 9. The zero-order chi connectivity index (χ0) is 30.5. The van der Waals surface area contributed by atoms with Crippen molar-refractivity contribution in [1.82, 2.24) is 44.5 Å². The van der Waals surface area contributed by atoms with Crippen molar-refractivity contribution in [1.29, 1.82) is 5.26 Å². The van der Waals surface area contributed by atoms with Crippen molar-refractivity contribution in [3.8, 4) is 23.2 Å². The van der Waals surface area contributed by atoms with Crippen LogP contribution in [0.3, 0.4) is 0 Å². The molecule has 4 aromatic heterocycles. The Balaban J connectivity index is 0.981. The van der Waals surface area contributed by atoms with Crippen LogP contribution in [0.25, 0.3) is 22.3 Å². The summed E-state index contributed by atoms with van der Waals surface area (Å²) in [6, 6.07) is 6.01. The highest BCUT2D eigenvalue weighted by atomic mass is 19.4. The largest absolute Gasteiger partial charge is 0.474 e. The third-order valence-corrected chi connectivity index (χ3v) is 8.88. The summed E-state index contributed by atoms with van der Waals surface area (Å²) in [7, 11) is 0. The molecule has 0 atom stereocenters. The van der Waals surface area contributed by atoms with Gasteiger partial charge in [0, 0.05) is 68.2 Å². The minimum Gasteiger partial charge on any atom is -0.474 e. The summed E-state index contributed by atoms with van der Waals surface area (Å²) in [5, 5.41) is 24.7. The molecular weight excluding hydrogens is 577 g/mol. The van der Waals surface area contributed by atoms with E-state index in [4.69, 9.17) is 4.74 Å². The molecule has 7 rings (SSSR count). The van der Waals surface area contributed by atoms with E-state index in [9.17, 15) is 23.5 Å². The summed E-state index contributed by atoms with van der Waals surface area (Å²) in [5.74, 6) is -1.29. The highest BCUT2D eigenvalue weighted by Crippen LogP contribution is 2.39. The van der Waals surface area contributed by atoms with Crippen molar-refractivity contribution < 1.29 is 23.0 Å². The molecule has 2 N–H and O–H groups in total. The molecule has 0 radical (unpaired) electrons. The van der Waals surface area contributed by atoms with Crippen LogP contribution in [0.5, 0.6) is 5.88 Å². The maximum Gasteiger partial charge on any atom is 0.451 e. The average Bonchev–Trinajstić information content (AvgIpc) is 3.64. The highest BCUT2D eigenvalue weighted by Gasteiger charge is 2.48. The van der Waals surface area contributed by atoms with E-state index in [2.05, 4.69) is 41.0 Å². The first kappa shape index (κ1) is 28.6. The lowest BCUT2D eigenvalue weighted by molar-refractivity contribution is -0.145. The van der Waals surface area contributed by atoms with Crippen molar-refractivity contribution in [3.05, 3.63) is 48.6 Å². The van der Waals surface area contributed by atoms with Gasteiger partial charge < -0.3 is 14.8 Å². The number of halogens is 3. The predicted molar refractivity (Wildman–Crippen MR) is 150 cm³/mol. The summed E-state index contributed by atoms with van der Waals surface area (Å²) in [6.45, 7) is 2.35. The molecule has 0 bridgehead atoms. The lowest BCUT2D eigenvalue weighted by Crippen LogP contribution is -2.65. The number of nitrogens with one attached hydrogen (secondary N) is 1.